The van der Waals surface area contributed by atoms with Crippen LogP contribution >= 0.6 is 0 Å². The van der Waals surface area contributed by atoms with Crippen LogP contribution < -0.4 is 9.80 Å². The molecule has 2 aliphatic heterocycles. The Bertz CT molecular complexity index is 1170. The van der Waals surface area contributed by atoms with Crippen molar-refractivity contribution in [2.75, 3.05) is 22.9 Å². The minimum atomic E-state index is -0.182. The average molecular weight is 497 g/mol. The van der Waals surface area contributed by atoms with E-state index in [0.29, 0.717) is 5.78 Å². The monoisotopic (exact) mass is 496 g/mol. The molecule has 2 aromatic carbocycles. The third-order valence-corrected chi connectivity index (χ3v) is 8.90. The van der Waals surface area contributed by atoms with Crippen LogP contribution in [-0.4, -0.2) is 18.9 Å². The SMILES string of the molecule is CCCCN1C(=C2CCCC(=C3N(CCCC)c4ccccc4C3(C)C)C2=O)C(C)(C)c2ccccc21. The smallest absolute Gasteiger partial charge is 0.188 e. The van der Waals surface area contributed by atoms with E-state index in [1.807, 2.05) is 0 Å². The molecule has 0 N–H and O–H groups in total. The summed E-state index contributed by atoms with van der Waals surface area (Å²) in [6, 6.07) is 17.6. The molecule has 0 atom stereocenters. The number of allylic oxidation sites excluding steroid dienone is 4. The van der Waals surface area contributed by atoms with Crippen molar-refractivity contribution in [1.82, 2.24) is 0 Å². The van der Waals surface area contributed by atoms with Gasteiger partial charge in [-0.25, -0.2) is 0 Å². The van der Waals surface area contributed by atoms with Crippen LogP contribution in [0.1, 0.15) is 97.6 Å². The van der Waals surface area contributed by atoms with E-state index in [1.54, 1.807) is 0 Å². The Morgan fingerprint density at radius 3 is 1.49 bits per heavy atom. The summed E-state index contributed by atoms with van der Waals surface area (Å²) in [5.74, 6) is 0.293. The minimum Gasteiger partial charge on any atom is -0.344 e. The van der Waals surface area contributed by atoms with Gasteiger partial charge in [-0.1, -0.05) is 90.8 Å². The van der Waals surface area contributed by atoms with E-state index in [4.69, 9.17) is 0 Å². The van der Waals surface area contributed by atoms with Gasteiger partial charge >= 0.3 is 0 Å². The molecule has 1 saturated carbocycles. The zero-order valence-corrected chi connectivity index (χ0v) is 23.8. The van der Waals surface area contributed by atoms with Crippen LogP contribution in [0.15, 0.2) is 71.1 Å². The Hall–Kier alpha value is -2.81. The molecule has 5 rings (SSSR count). The third kappa shape index (κ3) is 4.06. The van der Waals surface area contributed by atoms with Crippen LogP contribution in [0.5, 0.6) is 0 Å². The van der Waals surface area contributed by atoms with E-state index in [9.17, 15) is 4.79 Å². The maximum Gasteiger partial charge on any atom is 0.188 e. The van der Waals surface area contributed by atoms with Gasteiger partial charge in [-0.3, -0.25) is 4.79 Å². The molecule has 37 heavy (non-hydrogen) atoms. The number of ketones is 1. The number of hydrogen-bond donors (Lipinski definition) is 0. The Morgan fingerprint density at radius 1 is 0.676 bits per heavy atom. The van der Waals surface area contributed by atoms with Crippen LogP contribution in [0, 0.1) is 0 Å². The highest BCUT2D eigenvalue weighted by atomic mass is 16.1. The molecule has 3 heteroatoms. The van der Waals surface area contributed by atoms with Crippen molar-refractivity contribution in [3.8, 4) is 0 Å². The van der Waals surface area contributed by atoms with Crippen molar-refractivity contribution in [3.63, 3.8) is 0 Å². The van der Waals surface area contributed by atoms with Gasteiger partial charge in [-0.05, 0) is 55.4 Å². The van der Waals surface area contributed by atoms with Gasteiger partial charge in [0.2, 0.25) is 0 Å². The molecule has 0 spiro atoms. The number of Topliss-reactive ketones (excluding diaryl/α,β-unsaturated/α-hetero) is 1. The van der Waals surface area contributed by atoms with Gasteiger partial charge in [0, 0.05) is 57.8 Å². The predicted molar refractivity (Wildman–Crippen MR) is 156 cm³/mol. The van der Waals surface area contributed by atoms with E-state index >= 15 is 0 Å². The Morgan fingerprint density at radius 2 is 1.08 bits per heavy atom. The largest absolute Gasteiger partial charge is 0.344 e. The molecule has 0 saturated heterocycles. The normalized spacial score (nSPS) is 24.0. The molecule has 0 aromatic heterocycles. The molecule has 2 heterocycles. The highest BCUT2D eigenvalue weighted by molar-refractivity contribution is 6.11. The molecule has 0 unspecified atom stereocenters. The first-order valence-electron chi connectivity index (χ1n) is 14.5. The lowest BCUT2D eigenvalue weighted by Gasteiger charge is -2.35. The second-order valence-corrected chi connectivity index (χ2v) is 12.1. The molecular weight excluding hydrogens is 452 g/mol. The topological polar surface area (TPSA) is 23.6 Å². The fourth-order valence-electron chi connectivity index (χ4n) is 7.13. The minimum absolute atomic E-state index is 0.182. The second kappa shape index (κ2) is 9.82. The maximum atomic E-state index is 14.6. The first-order chi connectivity index (χ1) is 17.7. The molecule has 0 bridgehead atoms. The lowest BCUT2D eigenvalue weighted by Crippen LogP contribution is -2.35. The lowest BCUT2D eigenvalue weighted by atomic mass is 9.74. The van der Waals surface area contributed by atoms with Gasteiger partial charge in [0.25, 0.3) is 0 Å². The molecular formula is C34H44N2O. The molecule has 2 aromatic rings. The van der Waals surface area contributed by atoms with E-state index in [2.05, 4.69) is 99.9 Å². The molecule has 196 valence electrons. The third-order valence-electron chi connectivity index (χ3n) is 8.90. The summed E-state index contributed by atoms with van der Waals surface area (Å²) in [7, 11) is 0. The number of benzene rings is 2. The number of carbonyl (C=O) groups is 1. The Balaban J connectivity index is 1.68. The number of unbranched alkanes of at least 4 members (excludes halogenated alkanes) is 2. The average Bonchev–Trinajstić information content (AvgIpc) is 3.25. The summed E-state index contributed by atoms with van der Waals surface area (Å²) >= 11 is 0. The molecule has 3 nitrogen and oxygen atoms in total. The molecule has 1 fully saturated rings. The van der Waals surface area contributed by atoms with Crippen molar-refractivity contribution in [3.05, 3.63) is 82.2 Å². The number of rotatable bonds is 6. The summed E-state index contributed by atoms with van der Waals surface area (Å²) in [6.45, 7) is 15.7. The number of nitrogens with zero attached hydrogens (tertiary/aromatic N) is 2. The van der Waals surface area contributed by atoms with Crippen molar-refractivity contribution >= 4 is 17.2 Å². The molecule has 0 radical (unpaired) electrons. The van der Waals surface area contributed by atoms with Crippen molar-refractivity contribution < 1.29 is 4.79 Å². The lowest BCUT2D eigenvalue weighted by molar-refractivity contribution is -0.113. The highest BCUT2D eigenvalue weighted by Gasteiger charge is 2.46. The van der Waals surface area contributed by atoms with Gasteiger partial charge in [-0.2, -0.15) is 0 Å². The van der Waals surface area contributed by atoms with E-state index in [0.717, 1.165) is 69.2 Å². The van der Waals surface area contributed by atoms with E-state index in [1.165, 1.54) is 33.9 Å². The molecule has 0 amide bonds. The highest BCUT2D eigenvalue weighted by Crippen LogP contribution is 2.53. The summed E-state index contributed by atoms with van der Waals surface area (Å²) < 4.78 is 0. The number of fused-ring (bicyclic) bond motifs is 2. The predicted octanol–water partition coefficient (Wildman–Crippen LogP) is 8.44. The van der Waals surface area contributed by atoms with Gasteiger partial charge in [0.15, 0.2) is 5.78 Å². The van der Waals surface area contributed by atoms with Gasteiger partial charge in [-0.15, -0.1) is 0 Å². The zero-order chi connectivity index (χ0) is 26.4. The molecule has 1 aliphatic carbocycles. The van der Waals surface area contributed by atoms with Crippen LogP contribution in [0.4, 0.5) is 11.4 Å². The van der Waals surface area contributed by atoms with Crippen LogP contribution in [0.2, 0.25) is 0 Å². The fourth-order valence-corrected chi connectivity index (χ4v) is 7.13. The second-order valence-electron chi connectivity index (χ2n) is 12.1. The first kappa shape index (κ1) is 25.8. The first-order valence-corrected chi connectivity index (χ1v) is 14.5. The van der Waals surface area contributed by atoms with Gasteiger partial charge < -0.3 is 9.80 Å². The van der Waals surface area contributed by atoms with Crippen LogP contribution in [-0.2, 0) is 15.6 Å². The van der Waals surface area contributed by atoms with Gasteiger partial charge in [0.1, 0.15) is 0 Å². The summed E-state index contributed by atoms with van der Waals surface area (Å²) in [5.41, 5.74) is 9.50. The van der Waals surface area contributed by atoms with Crippen LogP contribution in [0.25, 0.3) is 0 Å². The van der Waals surface area contributed by atoms with Crippen molar-refractivity contribution in [1.29, 1.82) is 0 Å². The summed E-state index contributed by atoms with van der Waals surface area (Å²) in [4.78, 5) is 19.6. The quantitative estimate of drug-likeness (QED) is 0.375. The van der Waals surface area contributed by atoms with Crippen molar-refractivity contribution in [2.45, 2.75) is 97.3 Å². The Labute approximate surface area is 224 Å². The Kier molecular flexibility index (Phi) is 6.85. The standard InChI is InChI=1S/C34H44N2O/c1-7-9-22-35-28-20-13-11-18-26(28)33(3,4)31(35)24-16-15-17-25(30(24)37)32-34(5,6)27-19-12-14-21-29(27)36(32)23-10-8-2/h11-14,18-21H,7-10,15-17,22-23H2,1-6H3. The fraction of sp³-hybridized carbons (Fsp3) is 0.500. The zero-order valence-electron chi connectivity index (χ0n) is 23.8. The van der Waals surface area contributed by atoms with Crippen LogP contribution in [0.3, 0.4) is 0 Å². The number of anilines is 2. The maximum absolute atomic E-state index is 14.6. The van der Waals surface area contributed by atoms with E-state index in [-0.39, 0.29) is 10.8 Å². The summed E-state index contributed by atoms with van der Waals surface area (Å²) in [5, 5.41) is 0. The number of carbonyl (C=O) groups excluding carboxylic acids is 1. The summed E-state index contributed by atoms with van der Waals surface area (Å²) in [6.07, 6.45) is 7.30. The van der Waals surface area contributed by atoms with E-state index < -0.39 is 0 Å². The van der Waals surface area contributed by atoms with Gasteiger partial charge in [0.05, 0.1) is 0 Å². The number of para-hydroxylation sites is 2. The molecule has 3 aliphatic rings. The van der Waals surface area contributed by atoms with Crippen molar-refractivity contribution in [2.24, 2.45) is 0 Å². The number of hydrogen-bond acceptors (Lipinski definition) is 3.